The van der Waals surface area contributed by atoms with Crippen LogP contribution in [-0.2, 0) is 4.79 Å². The lowest BCUT2D eigenvalue weighted by Gasteiger charge is -2.17. The van der Waals surface area contributed by atoms with E-state index in [-0.39, 0.29) is 12.1 Å². The first kappa shape index (κ1) is 7.91. The van der Waals surface area contributed by atoms with Crippen molar-refractivity contribution in [3.8, 4) is 0 Å². The highest BCUT2D eigenvalue weighted by molar-refractivity contribution is 6.27. The first-order valence-corrected chi connectivity index (χ1v) is 3.99. The molecule has 66 valence electrons. The number of hydrogen-bond donors (Lipinski definition) is 0. The van der Waals surface area contributed by atoms with E-state index < -0.39 is 0 Å². The summed E-state index contributed by atoms with van der Waals surface area (Å²) >= 11 is 0. The second-order valence-electron chi connectivity index (χ2n) is 2.89. The van der Waals surface area contributed by atoms with Crippen LogP contribution in [-0.4, -0.2) is 29.1 Å². The molecule has 0 saturated heterocycles. The van der Waals surface area contributed by atoms with E-state index in [0.29, 0.717) is 0 Å². The van der Waals surface area contributed by atoms with Crippen molar-refractivity contribution in [2.75, 3.05) is 7.05 Å². The SMILES string of the molecule is CN1C(=O)C=N[C@H]1c1cccnc1. The largest absolute Gasteiger partial charge is 0.315 e. The summed E-state index contributed by atoms with van der Waals surface area (Å²) in [5, 5.41) is 0. The first-order chi connectivity index (χ1) is 6.29. The van der Waals surface area contributed by atoms with Crippen molar-refractivity contribution < 1.29 is 4.79 Å². The average Bonchev–Trinajstić information content (AvgIpc) is 2.49. The van der Waals surface area contributed by atoms with Crippen LogP contribution in [0.15, 0.2) is 29.5 Å². The van der Waals surface area contributed by atoms with Crippen molar-refractivity contribution in [2.24, 2.45) is 4.99 Å². The van der Waals surface area contributed by atoms with E-state index in [1.807, 2.05) is 12.1 Å². The average molecular weight is 175 g/mol. The molecular formula is C9H9N3O. The third-order valence-electron chi connectivity index (χ3n) is 2.02. The topological polar surface area (TPSA) is 45.6 Å². The van der Waals surface area contributed by atoms with Gasteiger partial charge in [-0.3, -0.25) is 14.8 Å². The Morgan fingerprint density at radius 1 is 1.54 bits per heavy atom. The Balaban J connectivity index is 2.29. The van der Waals surface area contributed by atoms with Crippen LogP contribution in [0.1, 0.15) is 11.7 Å². The summed E-state index contributed by atoms with van der Waals surface area (Å²) in [6.07, 6.45) is 4.57. The molecule has 4 nitrogen and oxygen atoms in total. The van der Waals surface area contributed by atoms with Gasteiger partial charge >= 0.3 is 0 Å². The van der Waals surface area contributed by atoms with Crippen LogP contribution >= 0.6 is 0 Å². The molecule has 1 aliphatic heterocycles. The second kappa shape index (κ2) is 2.97. The van der Waals surface area contributed by atoms with Crippen LogP contribution < -0.4 is 0 Å². The number of rotatable bonds is 1. The van der Waals surface area contributed by atoms with Crippen LogP contribution in [0.25, 0.3) is 0 Å². The summed E-state index contributed by atoms with van der Waals surface area (Å²) in [4.78, 5) is 20.8. The normalized spacial score (nSPS) is 21.2. The minimum absolute atomic E-state index is 0.0612. The van der Waals surface area contributed by atoms with Crippen LogP contribution in [0.5, 0.6) is 0 Å². The Morgan fingerprint density at radius 2 is 2.38 bits per heavy atom. The Kier molecular flexibility index (Phi) is 1.81. The van der Waals surface area contributed by atoms with Gasteiger partial charge in [0.15, 0.2) is 6.17 Å². The van der Waals surface area contributed by atoms with Gasteiger partial charge in [0.1, 0.15) is 0 Å². The molecule has 0 saturated carbocycles. The molecule has 13 heavy (non-hydrogen) atoms. The van der Waals surface area contributed by atoms with E-state index >= 15 is 0 Å². The predicted octanol–water partition coefficient (Wildman–Crippen LogP) is 0.623. The van der Waals surface area contributed by atoms with E-state index in [1.165, 1.54) is 6.21 Å². The number of carbonyl (C=O) groups excluding carboxylic acids is 1. The number of nitrogens with zero attached hydrogens (tertiary/aromatic N) is 3. The van der Waals surface area contributed by atoms with Crippen LogP contribution in [0.2, 0.25) is 0 Å². The van der Waals surface area contributed by atoms with Crippen molar-refractivity contribution in [1.82, 2.24) is 9.88 Å². The van der Waals surface area contributed by atoms with Gasteiger partial charge in [0.25, 0.3) is 5.91 Å². The zero-order valence-electron chi connectivity index (χ0n) is 7.21. The number of carbonyl (C=O) groups is 1. The van der Waals surface area contributed by atoms with Gasteiger partial charge in [0, 0.05) is 25.0 Å². The van der Waals surface area contributed by atoms with Gasteiger partial charge in [-0.15, -0.1) is 0 Å². The summed E-state index contributed by atoms with van der Waals surface area (Å²) in [5.41, 5.74) is 0.937. The molecule has 4 heteroatoms. The molecule has 0 N–H and O–H groups in total. The molecule has 0 spiro atoms. The molecule has 0 unspecified atom stereocenters. The summed E-state index contributed by atoms with van der Waals surface area (Å²) in [5.74, 6) is -0.0612. The number of pyridine rings is 1. The zero-order chi connectivity index (χ0) is 9.26. The summed E-state index contributed by atoms with van der Waals surface area (Å²) in [7, 11) is 1.73. The minimum Gasteiger partial charge on any atom is -0.315 e. The monoisotopic (exact) mass is 175 g/mol. The van der Waals surface area contributed by atoms with E-state index in [2.05, 4.69) is 9.98 Å². The highest BCUT2D eigenvalue weighted by Crippen LogP contribution is 2.22. The molecule has 0 bridgehead atoms. The van der Waals surface area contributed by atoms with Gasteiger partial charge in [0.05, 0.1) is 6.21 Å². The molecule has 1 atom stereocenters. The molecule has 0 radical (unpaired) electrons. The van der Waals surface area contributed by atoms with Crippen molar-refractivity contribution in [3.63, 3.8) is 0 Å². The van der Waals surface area contributed by atoms with E-state index in [0.717, 1.165) is 5.56 Å². The van der Waals surface area contributed by atoms with Gasteiger partial charge in [0.2, 0.25) is 0 Å². The lowest BCUT2D eigenvalue weighted by Crippen LogP contribution is -2.24. The van der Waals surface area contributed by atoms with Gasteiger partial charge in [-0.05, 0) is 6.07 Å². The lowest BCUT2D eigenvalue weighted by molar-refractivity contribution is -0.122. The molecule has 2 heterocycles. The van der Waals surface area contributed by atoms with Gasteiger partial charge in [-0.2, -0.15) is 0 Å². The number of amides is 1. The van der Waals surface area contributed by atoms with E-state index in [1.54, 1.807) is 24.3 Å². The Bertz CT molecular complexity index is 347. The summed E-state index contributed by atoms with van der Waals surface area (Å²) < 4.78 is 0. The molecule has 1 aromatic heterocycles. The van der Waals surface area contributed by atoms with Gasteiger partial charge in [-0.1, -0.05) is 6.07 Å². The quantitative estimate of drug-likeness (QED) is 0.628. The minimum atomic E-state index is -0.193. The maximum Gasteiger partial charge on any atom is 0.266 e. The Hall–Kier alpha value is -1.71. The highest BCUT2D eigenvalue weighted by Gasteiger charge is 2.24. The van der Waals surface area contributed by atoms with Crippen LogP contribution in [0, 0.1) is 0 Å². The fraction of sp³-hybridized carbons (Fsp3) is 0.222. The molecule has 1 aliphatic rings. The van der Waals surface area contributed by atoms with E-state index in [4.69, 9.17) is 0 Å². The zero-order valence-corrected chi connectivity index (χ0v) is 7.21. The molecule has 2 rings (SSSR count). The predicted molar refractivity (Wildman–Crippen MR) is 48.2 cm³/mol. The number of hydrogen-bond acceptors (Lipinski definition) is 3. The lowest BCUT2D eigenvalue weighted by atomic mass is 10.2. The smallest absolute Gasteiger partial charge is 0.266 e. The Labute approximate surface area is 75.9 Å². The molecule has 1 aromatic rings. The maximum absolute atomic E-state index is 11.1. The summed E-state index contributed by atoms with van der Waals surface area (Å²) in [6, 6.07) is 3.74. The molecule has 0 aliphatic carbocycles. The molecule has 1 amide bonds. The van der Waals surface area contributed by atoms with Crippen molar-refractivity contribution >= 4 is 12.1 Å². The van der Waals surface area contributed by atoms with Crippen LogP contribution in [0.3, 0.4) is 0 Å². The van der Waals surface area contributed by atoms with E-state index in [9.17, 15) is 4.79 Å². The van der Waals surface area contributed by atoms with Crippen LogP contribution in [0.4, 0.5) is 0 Å². The maximum atomic E-state index is 11.1. The molecule has 0 fully saturated rings. The van der Waals surface area contributed by atoms with Crippen molar-refractivity contribution in [1.29, 1.82) is 0 Å². The van der Waals surface area contributed by atoms with Gasteiger partial charge in [-0.25, -0.2) is 0 Å². The van der Waals surface area contributed by atoms with Crippen molar-refractivity contribution in [2.45, 2.75) is 6.17 Å². The second-order valence-corrected chi connectivity index (χ2v) is 2.89. The molecule has 0 aromatic carbocycles. The van der Waals surface area contributed by atoms with Gasteiger partial charge < -0.3 is 4.90 Å². The summed E-state index contributed by atoms with van der Waals surface area (Å²) in [6.45, 7) is 0. The Morgan fingerprint density at radius 3 is 2.92 bits per heavy atom. The fourth-order valence-corrected chi connectivity index (χ4v) is 1.28. The third-order valence-corrected chi connectivity index (χ3v) is 2.02. The number of aliphatic imine (C=N–C) groups is 1. The fourth-order valence-electron chi connectivity index (χ4n) is 1.28. The van der Waals surface area contributed by atoms with Crippen molar-refractivity contribution in [3.05, 3.63) is 30.1 Å². The standard InChI is InChI=1S/C9H9N3O/c1-12-8(13)6-11-9(12)7-3-2-4-10-5-7/h2-6,9H,1H3/t9-/m1/s1. The number of aromatic nitrogens is 1. The third kappa shape index (κ3) is 1.30. The molecular weight excluding hydrogens is 166 g/mol. The first-order valence-electron chi connectivity index (χ1n) is 3.99. The highest BCUT2D eigenvalue weighted by atomic mass is 16.2.